The lowest BCUT2D eigenvalue weighted by Gasteiger charge is -2.26. The minimum absolute atomic E-state index is 0.355. The smallest absolute Gasteiger partial charge is 0.304 e. The highest BCUT2D eigenvalue weighted by Crippen LogP contribution is 2.44. The Kier molecular flexibility index (Phi) is 6.78. The van der Waals surface area contributed by atoms with Crippen LogP contribution in [0.1, 0.15) is 29.3 Å². The molecule has 10 heteroatoms. The van der Waals surface area contributed by atoms with Gasteiger partial charge in [0.25, 0.3) is 5.56 Å². The molecular weight excluding hydrogens is 493 g/mol. The normalized spacial score (nSPS) is 11.9. The van der Waals surface area contributed by atoms with Crippen molar-refractivity contribution in [2.45, 2.75) is 25.8 Å². The van der Waals surface area contributed by atoms with Crippen molar-refractivity contribution in [1.29, 1.82) is 0 Å². The number of hydrogen-bond acceptors (Lipinski definition) is 6. The third-order valence-corrected chi connectivity index (χ3v) is 7.31. The maximum absolute atomic E-state index is 12.2. The van der Waals surface area contributed by atoms with Crippen LogP contribution in [0, 0.1) is 0 Å². The lowest BCUT2D eigenvalue weighted by Crippen LogP contribution is -2.30. The second-order valence-electron chi connectivity index (χ2n) is 8.65. The zero-order valence-corrected chi connectivity index (χ0v) is 21.4. The summed E-state index contributed by atoms with van der Waals surface area (Å²) < 4.78 is 1.04. The Bertz CT molecular complexity index is 1440. The van der Waals surface area contributed by atoms with Crippen LogP contribution in [0.4, 0.5) is 0 Å². The summed E-state index contributed by atoms with van der Waals surface area (Å²) in [6.07, 6.45) is 1.02. The van der Waals surface area contributed by atoms with E-state index in [1.54, 1.807) is 23.5 Å². The molecule has 1 N–H and O–H groups in total. The largest absolute Gasteiger partial charge is 0.349 e. The summed E-state index contributed by atoms with van der Waals surface area (Å²) in [6.45, 7) is 4.80. The van der Waals surface area contributed by atoms with Gasteiger partial charge in [0.05, 0.1) is 11.4 Å². The fourth-order valence-corrected chi connectivity index (χ4v) is 6.02. The Morgan fingerprint density at radius 1 is 1.09 bits per heavy atom. The molecule has 0 fully saturated rings. The number of rotatable bonds is 6. The molecule has 2 aromatic carbocycles. The number of aromatic amines is 1. The quantitative estimate of drug-likeness (QED) is 0.400. The summed E-state index contributed by atoms with van der Waals surface area (Å²) in [5, 5.41) is 5.51. The van der Waals surface area contributed by atoms with Crippen molar-refractivity contribution < 1.29 is 0 Å². The molecule has 0 aliphatic carbocycles. The zero-order valence-electron chi connectivity index (χ0n) is 19.1. The number of hydrogen-bond donors (Lipinski definition) is 1. The molecule has 0 spiro atoms. The molecule has 0 radical (unpaired) electrons. The highest BCUT2D eigenvalue weighted by molar-refractivity contribution is 7.12. The van der Waals surface area contributed by atoms with Gasteiger partial charge < -0.3 is 4.90 Å². The summed E-state index contributed by atoms with van der Waals surface area (Å²) >= 11 is 15.1. The first-order chi connectivity index (χ1) is 16.1. The Labute approximate surface area is 210 Å². The molecule has 0 bridgehead atoms. The standard InChI is InChI=1S/C24H23Cl2N5O2S/c1-24(2,22-29-21(14-8-6-5-7-9-14)18(34-22)13-30(3)4)20-16(25)10-15(11-17(20)26)31-23(33)28-19(32)12-27-31/h5-12H,13H2,1-4H3,(H,28,32,33). The van der Waals surface area contributed by atoms with E-state index in [1.807, 2.05) is 46.1 Å². The molecule has 0 saturated carbocycles. The Morgan fingerprint density at radius 3 is 2.32 bits per heavy atom. The summed E-state index contributed by atoms with van der Waals surface area (Å²) in [5.41, 5.74) is 1.17. The number of halogens is 2. The topological polar surface area (TPSA) is 83.9 Å². The van der Waals surface area contributed by atoms with Crippen LogP contribution in [0.25, 0.3) is 16.9 Å². The van der Waals surface area contributed by atoms with Crippen LogP contribution in [0.2, 0.25) is 10.0 Å². The minimum Gasteiger partial charge on any atom is -0.304 e. The first-order valence-corrected chi connectivity index (χ1v) is 12.0. The van der Waals surface area contributed by atoms with E-state index in [1.165, 1.54) is 0 Å². The number of nitrogens with zero attached hydrogens (tertiary/aromatic N) is 4. The van der Waals surface area contributed by atoms with Crippen LogP contribution in [-0.4, -0.2) is 38.7 Å². The highest BCUT2D eigenvalue weighted by Gasteiger charge is 2.33. The summed E-state index contributed by atoms with van der Waals surface area (Å²) in [6, 6.07) is 13.3. The average Bonchev–Trinajstić information content (AvgIpc) is 3.17. The van der Waals surface area contributed by atoms with Gasteiger partial charge in [-0.3, -0.25) is 9.78 Å². The van der Waals surface area contributed by atoms with Gasteiger partial charge >= 0.3 is 5.69 Å². The molecule has 0 aliphatic heterocycles. The van der Waals surface area contributed by atoms with Crippen molar-refractivity contribution in [3.63, 3.8) is 0 Å². The van der Waals surface area contributed by atoms with E-state index in [9.17, 15) is 9.59 Å². The van der Waals surface area contributed by atoms with E-state index < -0.39 is 16.7 Å². The van der Waals surface area contributed by atoms with Crippen molar-refractivity contribution in [2.75, 3.05) is 14.1 Å². The molecule has 4 rings (SSSR count). The van der Waals surface area contributed by atoms with Gasteiger partial charge in [0, 0.05) is 38.0 Å². The fourth-order valence-electron chi connectivity index (χ4n) is 3.76. The van der Waals surface area contributed by atoms with Gasteiger partial charge in [-0.1, -0.05) is 53.5 Å². The highest BCUT2D eigenvalue weighted by atomic mass is 35.5. The molecule has 4 aromatic rings. The number of thiazole rings is 1. The van der Waals surface area contributed by atoms with Gasteiger partial charge in [-0.05, 0) is 40.1 Å². The third-order valence-electron chi connectivity index (χ3n) is 5.35. The van der Waals surface area contributed by atoms with E-state index in [4.69, 9.17) is 28.2 Å². The van der Waals surface area contributed by atoms with E-state index in [-0.39, 0.29) is 0 Å². The van der Waals surface area contributed by atoms with Crippen molar-refractivity contribution in [2.24, 2.45) is 0 Å². The van der Waals surface area contributed by atoms with Gasteiger partial charge in [-0.25, -0.2) is 9.78 Å². The molecule has 7 nitrogen and oxygen atoms in total. The summed E-state index contributed by atoms with van der Waals surface area (Å²) in [7, 11) is 4.05. The Balaban J connectivity index is 1.82. The van der Waals surface area contributed by atoms with Crippen molar-refractivity contribution in [1.82, 2.24) is 24.6 Å². The summed E-state index contributed by atoms with van der Waals surface area (Å²) in [5.74, 6) is 0. The molecule has 176 valence electrons. The van der Waals surface area contributed by atoms with E-state index in [0.29, 0.717) is 21.3 Å². The Hall–Kier alpha value is -2.78. The Morgan fingerprint density at radius 2 is 1.74 bits per heavy atom. The van der Waals surface area contributed by atoms with Gasteiger partial charge in [-0.15, -0.1) is 11.3 Å². The first kappa shape index (κ1) is 24.3. The number of nitrogens with one attached hydrogen (secondary N) is 1. The van der Waals surface area contributed by atoms with Crippen LogP contribution in [0.5, 0.6) is 0 Å². The van der Waals surface area contributed by atoms with Crippen molar-refractivity contribution in [3.05, 3.63) is 95.0 Å². The first-order valence-electron chi connectivity index (χ1n) is 10.5. The van der Waals surface area contributed by atoms with Crippen LogP contribution >= 0.6 is 34.5 Å². The molecule has 0 saturated heterocycles. The summed E-state index contributed by atoms with van der Waals surface area (Å²) in [4.78, 5) is 34.0. The predicted molar refractivity (Wildman–Crippen MR) is 138 cm³/mol. The number of H-pyrrole nitrogens is 1. The van der Waals surface area contributed by atoms with Gasteiger partial charge in [0.2, 0.25) is 0 Å². The van der Waals surface area contributed by atoms with Gasteiger partial charge in [0.15, 0.2) is 0 Å². The van der Waals surface area contributed by atoms with E-state index >= 15 is 0 Å². The SMILES string of the molecule is CN(C)Cc1sc(C(C)(C)c2c(Cl)cc(-n3ncc(=O)[nH]c3=O)cc2Cl)nc1-c1ccccc1. The van der Waals surface area contributed by atoms with E-state index in [0.717, 1.165) is 38.6 Å². The fraction of sp³-hybridized carbons (Fsp3) is 0.250. The maximum Gasteiger partial charge on any atom is 0.349 e. The average molecular weight is 516 g/mol. The monoisotopic (exact) mass is 515 g/mol. The van der Waals surface area contributed by atoms with Crippen molar-refractivity contribution in [3.8, 4) is 16.9 Å². The lowest BCUT2D eigenvalue weighted by molar-refractivity contribution is 0.406. The number of benzene rings is 2. The number of aromatic nitrogens is 4. The molecule has 0 unspecified atom stereocenters. The molecule has 34 heavy (non-hydrogen) atoms. The second kappa shape index (κ2) is 9.46. The van der Waals surface area contributed by atoms with Crippen LogP contribution in [0.3, 0.4) is 0 Å². The molecule has 0 amide bonds. The molecular formula is C24H23Cl2N5O2S. The molecule has 0 atom stereocenters. The van der Waals surface area contributed by atoms with Gasteiger partial charge in [-0.2, -0.15) is 9.78 Å². The lowest BCUT2D eigenvalue weighted by atomic mass is 9.85. The molecule has 2 aromatic heterocycles. The second-order valence-corrected chi connectivity index (χ2v) is 10.6. The predicted octanol–water partition coefficient (Wildman–Crippen LogP) is 4.74. The maximum atomic E-state index is 12.2. The minimum atomic E-state index is -0.674. The van der Waals surface area contributed by atoms with E-state index in [2.05, 4.69) is 27.1 Å². The van der Waals surface area contributed by atoms with Crippen LogP contribution < -0.4 is 11.2 Å². The molecule has 0 aliphatic rings. The third kappa shape index (κ3) is 4.72. The molecule has 2 heterocycles. The van der Waals surface area contributed by atoms with Crippen LogP contribution in [0.15, 0.2) is 58.3 Å². The van der Waals surface area contributed by atoms with Gasteiger partial charge in [0.1, 0.15) is 11.2 Å². The van der Waals surface area contributed by atoms with Crippen molar-refractivity contribution >= 4 is 34.5 Å². The van der Waals surface area contributed by atoms with Crippen LogP contribution in [-0.2, 0) is 12.0 Å². The zero-order chi connectivity index (χ0) is 24.6.